The highest BCUT2D eigenvalue weighted by Gasteiger charge is 2.02. The lowest BCUT2D eigenvalue weighted by atomic mass is 10.1. The van der Waals surface area contributed by atoms with Gasteiger partial charge in [-0.25, -0.2) is 0 Å². The van der Waals surface area contributed by atoms with Gasteiger partial charge in [0.2, 0.25) is 0 Å². The summed E-state index contributed by atoms with van der Waals surface area (Å²) in [5.41, 5.74) is 1.27. The Morgan fingerprint density at radius 2 is 2.11 bits per heavy atom. The Labute approximate surface area is 110 Å². The maximum atomic E-state index is 9.18. The third kappa shape index (κ3) is 6.03. The van der Waals surface area contributed by atoms with E-state index in [1.165, 1.54) is 5.56 Å². The number of hydrogen-bond acceptors (Lipinski definition) is 3. The largest absolute Gasteiger partial charge is 0.497 e. The molecule has 1 rings (SSSR count). The molecule has 18 heavy (non-hydrogen) atoms. The molecule has 1 atom stereocenters. The summed E-state index contributed by atoms with van der Waals surface area (Å²) in [5.74, 6) is 0.912. The van der Waals surface area contributed by atoms with Gasteiger partial charge < -0.3 is 14.7 Å². The van der Waals surface area contributed by atoms with Crippen molar-refractivity contribution in [2.24, 2.45) is 0 Å². The van der Waals surface area contributed by atoms with E-state index < -0.39 is 0 Å². The van der Waals surface area contributed by atoms with Crippen molar-refractivity contribution >= 4 is 0 Å². The van der Waals surface area contributed by atoms with E-state index in [1.807, 2.05) is 19.1 Å². The highest BCUT2D eigenvalue weighted by molar-refractivity contribution is 5.28. The van der Waals surface area contributed by atoms with Crippen LogP contribution in [0, 0.1) is 0 Å². The molecular formula is C15H25NO2. The molecule has 0 amide bonds. The van der Waals surface area contributed by atoms with E-state index in [-0.39, 0.29) is 6.10 Å². The Bertz CT molecular complexity index is 339. The van der Waals surface area contributed by atoms with E-state index >= 15 is 0 Å². The van der Waals surface area contributed by atoms with Crippen LogP contribution in [0.2, 0.25) is 0 Å². The molecule has 0 heterocycles. The Balaban J connectivity index is 2.28. The van der Waals surface area contributed by atoms with Gasteiger partial charge in [0.1, 0.15) is 5.75 Å². The van der Waals surface area contributed by atoms with Gasteiger partial charge in [-0.1, -0.05) is 12.1 Å². The van der Waals surface area contributed by atoms with E-state index in [2.05, 4.69) is 24.1 Å². The molecule has 102 valence electrons. The number of ether oxygens (including phenoxy) is 1. The quantitative estimate of drug-likeness (QED) is 0.721. The SMILES string of the molecule is COc1cccc(CN(C)CCCCC(C)O)c1. The first-order valence-corrected chi connectivity index (χ1v) is 6.61. The molecule has 1 N–H and O–H groups in total. The minimum Gasteiger partial charge on any atom is -0.497 e. The average molecular weight is 251 g/mol. The van der Waals surface area contributed by atoms with Crippen LogP contribution in [-0.2, 0) is 6.54 Å². The van der Waals surface area contributed by atoms with Crippen LogP contribution < -0.4 is 4.74 Å². The van der Waals surface area contributed by atoms with E-state index in [4.69, 9.17) is 4.74 Å². The number of aliphatic hydroxyl groups excluding tert-OH is 1. The summed E-state index contributed by atoms with van der Waals surface area (Å²) in [6.07, 6.45) is 2.94. The summed E-state index contributed by atoms with van der Waals surface area (Å²) >= 11 is 0. The van der Waals surface area contributed by atoms with E-state index in [0.29, 0.717) is 0 Å². The van der Waals surface area contributed by atoms with Crippen molar-refractivity contribution in [2.45, 2.75) is 38.8 Å². The number of unbranched alkanes of at least 4 members (excludes halogenated alkanes) is 1. The first kappa shape index (κ1) is 15.0. The second-order valence-corrected chi connectivity index (χ2v) is 4.93. The van der Waals surface area contributed by atoms with Crippen molar-refractivity contribution < 1.29 is 9.84 Å². The number of benzene rings is 1. The minimum absolute atomic E-state index is 0.173. The maximum Gasteiger partial charge on any atom is 0.119 e. The maximum absolute atomic E-state index is 9.18. The predicted molar refractivity (Wildman–Crippen MR) is 74.9 cm³/mol. The van der Waals surface area contributed by atoms with E-state index in [1.54, 1.807) is 7.11 Å². The van der Waals surface area contributed by atoms with Crippen LogP contribution in [0.4, 0.5) is 0 Å². The zero-order valence-corrected chi connectivity index (χ0v) is 11.7. The lowest BCUT2D eigenvalue weighted by molar-refractivity contribution is 0.178. The third-order valence-electron chi connectivity index (χ3n) is 3.00. The highest BCUT2D eigenvalue weighted by Crippen LogP contribution is 2.14. The Morgan fingerprint density at radius 1 is 1.33 bits per heavy atom. The fraction of sp³-hybridized carbons (Fsp3) is 0.600. The summed E-state index contributed by atoms with van der Waals surface area (Å²) in [6.45, 7) is 3.84. The molecule has 0 saturated heterocycles. The molecule has 0 spiro atoms. The molecule has 3 heteroatoms. The summed E-state index contributed by atoms with van der Waals surface area (Å²) in [7, 11) is 3.82. The van der Waals surface area contributed by atoms with E-state index in [0.717, 1.165) is 38.1 Å². The molecule has 0 aromatic heterocycles. The van der Waals surface area contributed by atoms with Crippen LogP contribution in [-0.4, -0.2) is 36.8 Å². The molecule has 1 aromatic rings. The number of rotatable bonds is 8. The van der Waals surface area contributed by atoms with Crippen molar-refractivity contribution in [3.63, 3.8) is 0 Å². The van der Waals surface area contributed by atoms with Gasteiger partial charge in [-0.05, 0) is 57.5 Å². The Kier molecular flexibility index (Phi) is 6.76. The molecule has 1 unspecified atom stereocenters. The first-order chi connectivity index (χ1) is 8.61. The van der Waals surface area contributed by atoms with Gasteiger partial charge in [-0.2, -0.15) is 0 Å². The van der Waals surface area contributed by atoms with E-state index in [9.17, 15) is 5.11 Å². The molecule has 1 aromatic carbocycles. The van der Waals surface area contributed by atoms with Gasteiger partial charge >= 0.3 is 0 Å². The van der Waals surface area contributed by atoms with Gasteiger partial charge in [-0.3, -0.25) is 0 Å². The molecule has 0 bridgehead atoms. The molecule has 0 fully saturated rings. The Morgan fingerprint density at radius 3 is 2.78 bits per heavy atom. The van der Waals surface area contributed by atoms with Crippen molar-refractivity contribution in [1.29, 1.82) is 0 Å². The Hall–Kier alpha value is -1.06. The van der Waals surface area contributed by atoms with Gasteiger partial charge in [0.25, 0.3) is 0 Å². The zero-order chi connectivity index (χ0) is 13.4. The number of aliphatic hydroxyl groups is 1. The van der Waals surface area contributed by atoms with Crippen molar-refractivity contribution in [3.8, 4) is 5.75 Å². The predicted octanol–water partition coefficient (Wildman–Crippen LogP) is 2.68. The topological polar surface area (TPSA) is 32.7 Å². The zero-order valence-electron chi connectivity index (χ0n) is 11.7. The second kappa shape index (κ2) is 8.11. The molecule has 0 saturated carbocycles. The fourth-order valence-electron chi connectivity index (χ4n) is 1.98. The summed E-state index contributed by atoms with van der Waals surface area (Å²) < 4.78 is 5.21. The molecule has 0 aliphatic carbocycles. The van der Waals surface area contributed by atoms with Crippen LogP contribution in [0.15, 0.2) is 24.3 Å². The molecule has 3 nitrogen and oxygen atoms in total. The number of hydrogen-bond donors (Lipinski definition) is 1. The first-order valence-electron chi connectivity index (χ1n) is 6.61. The monoisotopic (exact) mass is 251 g/mol. The highest BCUT2D eigenvalue weighted by atomic mass is 16.5. The van der Waals surface area contributed by atoms with Gasteiger partial charge in [0, 0.05) is 6.54 Å². The van der Waals surface area contributed by atoms with Crippen LogP contribution in [0.25, 0.3) is 0 Å². The third-order valence-corrected chi connectivity index (χ3v) is 3.00. The smallest absolute Gasteiger partial charge is 0.119 e. The van der Waals surface area contributed by atoms with Gasteiger partial charge in [0.05, 0.1) is 13.2 Å². The van der Waals surface area contributed by atoms with Crippen molar-refractivity contribution in [3.05, 3.63) is 29.8 Å². The van der Waals surface area contributed by atoms with Crippen LogP contribution in [0.1, 0.15) is 31.7 Å². The second-order valence-electron chi connectivity index (χ2n) is 4.93. The van der Waals surface area contributed by atoms with Gasteiger partial charge in [0.15, 0.2) is 0 Å². The number of nitrogens with zero attached hydrogens (tertiary/aromatic N) is 1. The van der Waals surface area contributed by atoms with Crippen molar-refractivity contribution in [2.75, 3.05) is 20.7 Å². The molecular weight excluding hydrogens is 226 g/mol. The normalized spacial score (nSPS) is 12.7. The van der Waals surface area contributed by atoms with Crippen molar-refractivity contribution in [1.82, 2.24) is 4.90 Å². The summed E-state index contributed by atoms with van der Waals surface area (Å²) in [5, 5.41) is 9.18. The lowest BCUT2D eigenvalue weighted by Gasteiger charge is -2.17. The van der Waals surface area contributed by atoms with Crippen LogP contribution in [0.3, 0.4) is 0 Å². The van der Waals surface area contributed by atoms with Crippen LogP contribution >= 0.6 is 0 Å². The molecule has 0 aliphatic heterocycles. The van der Waals surface area contributed by atoms with Gasteiger partial charge in [-0.15, -0.1) is 0 Å². The van der Waals surface area contributed by atoms with Crippen LogP contribution in [0.5, 0.6) is 5.75 Å². The molecule has 0 aliphatic rings. The fourth-order valence-corrected chi connectivity index (χ4v) is 1.98. The number of methoxy groups -OCH3 is 1. The average Bonchev–Trinajstić information content (AvgIpc) is 2.34. The summed E-state index contributed by atoms with van der Waals surface area (Å²) in [6, 6.07) is 8.18. The minimum atomic E-state index is -0.173. The lowest BCUT2D eigenvalue weighted by Crippen LogP contribution is -2.19. The standard InChI is InChI=1S/C15H25NO2/c1-13(17)7-4-5-10-16(2)12-14-8-6-9-15(11-14)18-3/h6,8-9,11,13,17H,4-5,7,10,12H2,1-3H3. The molecule has 0 radical (unpaired) electrons. The summed E-state index contributed by atoms with van der Waals surface area (Å²) in [4.78, 5) is 2.30.